The molecule has 8 heteroatoms. The zero-order valence-electron chi connectivity index (χ0n) is 17.7. The summed E-state index contributed by atoms with van der Waals surface area (Å²) in [4.78, 5) is 38.5. The maximum absolute atomic E-state index is 12.6. The molecule has 7 nitrogen and oxygen atoms in total. The monoisotopic (exact) mass is 403 g/mol. The Labute approximate surface area is 166 Å². The first-order chi connectivity index (χ1) is 12.4. The molecule has 1 heterocycles. The van der Waals surface area contributed by atoms with E-state index in [1.165, 1.54) is 23.6 Å². The van der Waals surface area contributed by atoms with Crippen LogP contribution in [0.3, 0.4) is 0 Å². The first-order valence-electron chi connectivity index (χ1n) is 9.24. The molecule has 0 N–H and O–H groups in total. The molecule has 3 atom stereocenters. The predicted molar refractivity (Wildman–Crippen MR) is 104 cm³/mol. The summed E-state index contributed by atoms with van der Waals surface area (Å²) in [6, 6.07) is -0.520. The number of rotatable bonds is 10. The molecule has 0 saturated carbocycles. The van der Waals surface area contributed by atoms with Crippen LogP contribution in [0, 0.1) is 5.92 Å². The molecule has 27 heavy (non-hydrogen) atoms. The molecule has 0 spiro atoms. The van der Waals surface area contributed by atoms with Crippen molar-refractivity contribution in [1.29, 1.82) is 0 Å². The van der Waals surface area contributed by atoms with Crippen molar-refractivity contribution in [2.24, 2.45) is 5.92 Å². The standard InChI is InChI=1S/C19H33NO6S/c1-9-24-17(25-10-2)19(7,27-8)15-14(12(3)21)16(23)20(15)11-13(22)26-18(4,5)6/h14-15,17H,9-11H2,1-8H3/t14-,15+,19-/m1/s1. The molecule has 1 rings (SSSR count). The molecular formula is C19H33NO6S. The third kappa shape index (κ3) is 5.45. The lowest BCUT2D eigenvalue weighted by molar-refractivity contribution is -0.194. The van der Waals surface area contributed by atoms with Gasteiger partial charge in [0.15, 0.2) is 6.29 Å². The Bertz CT molecular complexity index is 555. The summed E-state index contributed by atoms with van der Waals surface area (Å²) in [7, 11) is 0. The minimum absolute atomic E-state index is 0.203. The van der Waals surface area contributed by atoms with Crippen molar-refractivity contribution in [3.63, 3.8) is 0 Å². The molecule has 1 saturated heterocycles. The Morgan fingerprint density at radius 2 is 1.67 bits per heavy atom. The van der Waals surface area contributed by atoms with Gasteiger partial charge < -0.3 is 19.1 Å². The van der Waals surface area contributed by atoms with E-state index in [0.717, 1.165) is 0 Å². The van der Waals surface area contributed by atoms with Gasteiger partial charge in [-0.3, -0.25) is 14.4 Å². The second kappa shape index (κ2) is 9.39. The largest absolute Gasteiger partial charge is 0.459 e. The number of amides is 1. The van der Waals surface area contributed by atoms with Crippen LogP contribution < -0.4 is 0 Å². The summed E-state index contributed by atoms with van der Waals surface area (Å²) in [5.74, 6) is -1.90. The number of hydrogen-bond acceptors (Lipinski definition) is 7. The molecule has 0 radical (unpaired) electrons. The minimum atomic E-state index is -0.812. The van der Waals surface area contributed by atoms with Crippen LogP contribution in [0.1, 0.15) is 48.5 Å². The molecule has 1 aliphatic rings. The number of ether oxygens (including phenoxy) is 3. The summed E-state index contributed by atoms with van der Waals surface area (Å²) < 4.78 is 16.2. The number of carbonyl (C=O) groups excluding carboxylic acids is 3. The zero-order chi connectivity index (χ0) is 21.0. The SMILES string of the molecule is CCOC(OCC)[C@](C)(SC)[C@@H]1[C@@H](C(C)=O)C(=O)N1CC(=O)OC(C)(C)C. The Hall–Kier alpha value is -1.12. The Kier molecular flexibility index (Phi) is 8.31. The molecular weight excluding hydrogens is 370 g/mol. The van der Waals surface area contributed by atoms with Crippen molar-refractivity contribution in [3.8, 4) is 0 Å². The van der Waals surface area contributed by atoms with Gasteiger partial charge in [-0.2, -0.15) is 11.8 Å². The molecule has 1 aliphatic heterocycles. The van der Waals surface area contributed by atoms with Crippen molar-refractivity contribution >= 4 is 29.4 Å². The fourth-order valence-corrected chi connectivity index (χ4v) is 4.15. The summed E-state index contributed by atoms with van der Waals surface area (Å²) in [6.45, 7) is 13.0. The first kappa shape index (κ1) is 23.9. The topological polar surface area (TPSA) is 82.1 Å². The average Bonchev–Trinajstić information content (AvgIpc) is 2.54. The van der Waals surface area contributed by atoms with E-state index in [-0.39, 0.29) is 18.2 Å². The number of esters is 1. The van der Waals surface area contributed by atoms with Gasteiger partial charge in [0, 0.05) is 13.2 Å². The normalized spacial score (nSPS) is 22.4. The quantitative estimate of drug-likeness (QED) is 0.239. The van der Waals surface area contributed by atoms with Gasteiger partial charge in [0.25, 0.3) is 0 Å². The van der Waals surface area contributed by atoms with Crippen LogP contribution >= 0.6 is 11.8 Å². The van der Waals surface area contributed by atoms with Gasteiger partial charge in [-0.05, 0) is 54.7 Å². The number of β-lactam (4-membered cyclic amide) rings is 1. The molecule has 1 fully saturated rings. The lowest BCUT2D eigenvalue weighted by atomic mass is 9.76. The van der Waals surface area contributed by atoms with Crippen molar-refractivity contribution < 1.29 is 28.6 Å². The first-order valence-corrected chi connectivity index (χ1v) is 10.5. The number of nitrogens with zero attached hydrogens (tertiary/aromatic N) is 1. The molecule has 0 unspecified atom stereocenters. The molecule has 0 bridgehead atoms. The minimum Gasteiger partial charge on any atom is -0.459 e. The van der Waals surface area contributed by atoms with Gasteiger partial charge >= 0.3 is 5.97 Å². The molecule has 0 aromatic rings. The highest BCUT2D eigenvalue weighted by Crippen LogP contribution is 2.45. The van der Waals surface area contributed by atoms with E-state index in [9.17, 15) is 14.4 Å². The van der Waals surface area contributed by atoms with Crippen LogP contribution in [0.2, 0.25) is 0 Å². The Balaban J connectivity index is 3.18. The maximum atomic E-state index is 12.6. The number of hydrogen-bond donors (Lipinski definition) is 0. The van der Waals surface area contributed by atoms with Gasteiger partial charge in [0.2, 0.25) is 5.91 Å². The van der Waals surface area contributed by atoms with Crippen LogP contribution in [0.4, 0.5) is 0 Å². The van der Waals surface area contributed by atoms with Crippen LogP contribution in [-0.4, -0.2) is 71.3 Å². The average molecular weight is 404 g/mol. The van der Waals surface area contributed by atoms with Crippen molar-refractivity contribution in [2.45, 2.75) is 71.1 Å². The number of likely N-dealkylation sites (tertiary alicyclic amines) is 1. The summed E-state index contributed by atoms with van der Waals surface area (Å²) in [5, 5.41) is 0. The fraction of sp³-hybridized carbons (Fsp3) is 0.842. The number of thioether (sulfide) groups is 1. The van der Waals surface area contributed by atoms with E-state index in [2.05, 4.69) is 0 Å². The third-order valence-corrected chi connectivity index (χ3v) is 5.80. The van der Waals surface area contributed by atoms with Crippen LogP contribution in [0.5, 0.6) is 0 Å². The smallest absolute Gasteiger partial charge is 0.326 e. The van der Waals surface area contributed by atoms with Crippen molar-refractivity contribution in [2.75, 3.05) is 26.0 Å². The molecule has 156 valence electrons. The van der Waals surface area contributed by atoms with Crippen molar-refractivity contribution in [1.82, 2.24) is 4.90 Å². The maximum Gasteiger partial charge on any atom is 0.326 e. The van der Waals surface area contributed by atoms with Gasteiger partial charge in [-0.15, -0.1) is 0 Å². The fourth-order valence-electron chi connectivity index (χ4n) is 3.31. The molecule has 0 aromatic heterocycles. The molecule has 0 aliphatic carbocycles. The second-order valence-electron chi connectivity index (χ2n) is 7.72. The third-order valence-electron chi connectivity index (χ3n) is 4.49. The van der Waals surface area contributed by atoms with Gasteiger partial charge in [-0.25, -0.2) is 0 Å². The van der Waals surface area contributed by atoms with E-state index in [4.69, 9.17) is 14.2 Å². The molecule has 1 amide bonds. The predicted octanol–water partition coefficient (Wildman–Crippen LogP) is 2.26. The van der Waals surface area contributed by atoms with E-state index in [0.29, 0.717) is 13.2 Å². The van der Waals surface area contributed by atoms with E-state index in [1.807, 2.05) is 27.0 Å². The lowest BCUT2D eigenvalue weighted by Crippen LogP contribution is -2.73. The summed E-state index contributed by atoms with van der Waals surface area (Å²) in [6.07, 6.45) is 1.26. The summed E-state index contributed by atoms with van der Waals surface area (Å²) >= 11 is 1.46. The number of ketones is 1. The van der Waals surface area contributed by atoms with Crippen LogP contribution in [0.15, 0.2) is 0 Å². The highest BCUT2D eigenvalue weighted by atomic mass is 32.2. The van der Waals surface area contributed by atoms with E-state index >= 15 is 0 Å². The van der Waals surface area contributed by atoms with Crippen LogP contribution in [0.25, 0.3) is 0 Å². The molecule has 0 aromatic carbocycles. The van der Waals surface area contributed by atoms with Crippen LogP contribution in [-0.2, 0) is 28.6 Å². The van der Waals surface area contributed by atoms with Gasteiger partial charge in [0.05, 0.1) is 10.8 Å². The highest BCUT2D eigenvalue weighted by Gasteiger charge is 2.61. The highest BCUT2D eigenvalue weighted by molar-refractivity contribution is 8.00. The lowest BCUT2D eigenvalue weighted by Gasteiger charge is -2.55. The van der Waals surface area contributed by atoms with E-state index < -0.39 is 34.6 Å². The summed E-state index contributed by atoms with van der Waals surface area (Å²) in [5.41, 5.74) is -0.650. The number of Topliss-reactive ketones (excluding diaryl/α,β-unsaturated/α-hetero) is 1. The van der Waals surface area contributed by atoms with E-state index in [1.54, 1.807) is 20.8 Å². The second-order valence-corrected chi connectivity index (χ2v) is 9.00. The Morgan fingerprint density at radius 3 is 2.04 bits per heavy atom. The Morgan fingerprint density at radius 1 is 1.15 bits per heavy atom. The zero-order valence-corrected chi connectivity index (χ0v) is 18.5. The van der Waals surface area contributed by atoms with Gasteiger partial charge in [-0.1, -0.05) is 0 Å². The number of carbonyl (C=O) groups is 3. The van der Waals surface area contributed by atoms with Gasteiger partial charge in [0.1, 0.15) is 23.8 Å². The van der Waals surface area contributed by atoms with Crippen molar-refractivity contribution in [3.05, 3.63) is 0 Å².